The summed E-state index contributed by atoms with van der Waals surface area (Å²) in [5, 5.41) is 9.10. The Balaban J connectivity index is 2.33. The molecule has 0 unspecified atom stereocenters. The van der Waals surface area contributed by atoms with E-state index < -0.39 is 17.9 Å². The standard InChI is InChI=1S/C18H16O6S/c1-3-24-18(22)14-10-12(16(19)20)6-9-15(14)25-13-7-4-11(5-8-13)17(21)23-2/h4-10H,3H2,1-2H3,(H,19,20). The predicted molar refractivity (Wildman–Crippen MR) is 91.3 cm³/mol. The summed E-state index contributed by atoms with van der Waals surface area (Å²) in [5.74, 6) is -2.14. The zero-order valence-corrected chi connectivity index (χ0v) is 14.5. The molecule has 0 fully saturated rings. The zero-order valence-electron chi connectivity index (χ0n) is 13.6. The number of methoxy groups -OCH3 is 1. The van der Waals surface area contributed by atoms with Crippen molar-refractivity contribution >= 4 is 29.7 Å². The second kappa shape index (κ2) is 8.34. The fraction of sp³-hybridized carbons (Fsp3) is 0.167. The van der Waals surface area contributed by atoms with Crippen LogP contribution in [0.25, 0.3) is 0 Å². The molecule has 6 nitrogen and oxygen atoms in total. The van der Waals surface area contributed by atoms with Gasteiger partial charge in [0.2, 0.25) is 0 Å². The van der Waals surface area contributed by atoms with Crippen molar-refractivity contribution < 1.29 is 29.0 Å². The van der Waals surface area contributed by atoms with Crippen LogP contribution in [-0.4, -0.2) is 36.7 Å². The molecule has 1 N–H and O–H groups in total. The number of carboxylic acid groups (broad SMARTS) is 1. The number of hydrogen-bond acceptors (Lipinski definition) is 6. The molecule has 0 saturated heterocycles. The fourth-order valence-corrected chi connectivity index (χ4v) is 2.94. The molecule has 2 rings (SSSR count). The SMILES string of the molecule is CCOC(=O)c1cc(C(=O)O)ccc1Sc1ccc(C(=O)OC)cc1. The summed E-state index contributed by atoms with van der Waals surface area (Å²) in [6.45, 7) is 1.87. The maximum absolute atomic E-state index is 12.1. The molecule has 0 aliphatic rings. The molecule has 0 aromatic heterocycles. The lowest BCUT2D eigenvalue weighted by Gasteiger charge is -2.10. The van der Waals surface area contributed by atoms with Crippen molar-refractivity contribution in [2.45, 2.75) is 16.7 Å². The molecule has 0 aliphatic carbocycles. The molecular weight excluding hydrogens is 344 g/mol. The smallest absolute Gasteiger partial charge is 0.339 e. The second-order valence-electron chi connectivity index (χ2n) is 4.85. The van der Waals surface area contributed by atoms with E-state index in [0.29, 0.717) is 10.5 Å². The molecule has 7 heteroatoms. The molecule has 0 aliphatic heterocycles. The van der Waals surface area contributed by atoms with Crippen molar-refractivity contribution in [2.75, 3.05) is 13.7 Å². The number of carbonyl (C=O) groups is 3. The predicted octanol–water partition coefficient (Wildman–Crippen LogP) is 3.50. The summed E-state index contributed by atoms with van der Waals surface area (Å²) >= 11 is 1.27. The number of aromatic carboxylic acids is 1. The summed E-state index contributed by atoms with van der Waals surface area (Å²) in [5.41, 5.74) is 0.607. The summed E-state index contributed by atoms with van der Waals surface area (Å²) in [6.07, 6.45) is 0. The highest BCUT2D eigenvalue weighted by Crippen LogP contribution is 2.32. The first-order valence-electron chi connectivity index (χ1n) is 7.37. The van der Waals surface area contributed by atoms with Crippen LogP contribution in [-0.2, 0) is 9.47 Å². The molecule has 0 atom stereocenters. The van der Waals surface area contributed by atoms with Gasteiger partial charge in [0.05, 0.1) is 30.4 Å². The van der Waals surface area contributed by atoms with Gasteiger partial charge in [-0.15, -0.1) is 0 Å². The summed E-state index contributed by atoms with van der Waals surface area (Å²) in [7, 11) is 1.31. The van der Waals surface area contributed by atoms with Crippen LogP contribution in [0.15, 0.2) is 52.3 Å². The first-order valence-corrected chi connectivity index (χ1v) is 8.18. The van der Waals surface area contributed by atoms with Gasteiger partial charge in [-0.2, -0.15) is 0 Å². The van der Waals surface area contributed by atoms with Crippen molar-refractivity contribution in [1.29, 1.82) is 0 Å². The number of carboxylic acids is 1. The number of carbonyl (C=O) groups excluding carboxylic acids is 2. The lowest BCUT2D eigenvalue weighted by molar-refractivity contribution is 0.0521. The molecule has 0 saturated carbocycles. The van der Waals surface area contributed by atoms with Crippen LogP contribution in [0.1, 0.15) is 38.0 Å². The minimum atomic E-state index is -1.12. The molecule has 0 amide bonds. The van der Waals surface area contributed by atoms with Gasteiger partial charge in [0.15, 0.2) is 0 Å². The Morgan fingerprint density at radius 2 is 1.64 bits per heavy atom. The highest BCUT2D eigenvalue weighted by Gasteiger charge is 2.17. The molecule has 25 heavy (non-hydrogen) atoms. The van der Waals surface area contributed by atoms with E-state index in [1.165, 1.54) is 31.0 Å². The number of hydrogen-bond donors (Lipinski definition) is 1. The largest absolute Gasteiger partial charge is 0.478 e. The fourth-order valence-electron chi connectivity index (χ4n) is 2.02. The van der Waals surface area contributed by atoms with Crippen molar-refractivity contribution in [3.63, 3.8) is 0 Å². The molecule has 2 aromatic carbocycles. The van der Waals surface area contributed by atoms with E-state index in [1.807, 2.05) is 0 Å². The third-order valence-electron chi connectivity index (χ3n) is 3.23. The first kappa shape index (κ1) is 18.5. The third kappa shape index (κ3) is 4.60. The van der Waals surface area contributed by atoms with Gasteiger partial charge in [-0.1, -0.05) is 11.8 Å². The Morgan fingerprint density at radius 3 is 2.20 bits per heavy atom. The van der Waals surface area contributed by atoms with Gasteiger partial charge in [0.1, 0.15) is 0 Å². The second-order valence-corrected chi connectivity index (χ2v) is 5.97. The van der Waals surface area contributed by atoms with Crippen LogP contribution in [0.4, 0.5) is 0 Å². The van der Waals surface area contributed by atoms with Crippen LogP contribution < -0.4 is 0 Å². The maximum Gasteiger partial charge on any atom is 0.339 e. The molecule has 130 valence electrons. The minimum absolute atomic E-state index is 0.00782. The Bertz CT molecular complexity index is 798. The highest BCUT2D eigenvalue weighted by atomic mass is 32.2. The lowest BCUT2D eigenvalue weighted by atomic mass is 10.1. The number of benzene rings is 2. The van der Waals surface area contributed by atoms with Crippen LogP contribution >= 0.6 is 11.8 Å². The highest BCUT2D eigenvalue weighted by molar-refractivity contribution is 7.99. The number of rotatable bonds is 6. The lowest BCUT2D eigenvalue weighted by Crippen LogP contribution is -2.08. The quantitative estimate of drug-likeness (QED) is 0.789. The maximum atomic E-state index is 12.1. The Kier molecular flexibility index (Phi) is 6.19. The first-order chi connectivity index (χ1) is 12.0. The molecule has 0 heterocycles. The Hall–Kier alpha value is -2.80. The van der Waals surface area contributed by atoms with Gasteiger partial charge in [-0.25, -0.2) is 14.4 Å². The van der Waals surface area contributed by atoms with E-state index in [4.69, 9.17) is 9.84 Å². The van der Waals surface area contributed by atoms with E-state index in [1.54, 1.807) is 37.3 Å². The Labute approximate surface area is 148 Å². The summed E-state index contributed by atoms with van der Waals surface area (Å²) in [4.78, 5) is 36.1. The topological polar surface area (TPSA) is 89.9 Å². The minimum Gasteiger partial charge on any atom is -0.478 e. The van der Waals surface area contributed by atoms with Gasteiger partial charge in [-0.3, -0.25) is 0 Å². The Morgan fingerprint density at radius 1 is 1.00 bits per heavy atom. The normalized spacial score (nSPS) is 10.2. The molecular formula is C18H16O6S. The zero-order chi connectivity index (χ0) is 18.4. The average molecular weight is 360 g/mol. The van der Waals surface area contributed by atoms with Gasteiger partial charge in [-0.05, 0) is 49.4 Å². The average Bonchev–Trinajstić information content (AvgIpc) is 2.62. The van der Waals surface area contributed by atoms with Gasteiger partial charge in [0.25, 0.3) is 0 Å². The van der Waals surface area contributed by atoms with Crippen LogP contribution in [0.5, 0.6) is 0 Å². The van der Waals surface area contributed by atoms with E-state index in [9.17, 15) is 14.4 Å². The van der Waals surface area contributed by atoms with Crippen LogP contribution in [0.2, 0.25) is 0 Å². The summed E-state index contributed by atoms with van der Waals surface area (Å²) in [6, 6.07) is 11.0. The van der Waals surface area contributed by atoms with Crippen LogP contribution in [0, 0.1) is 0 Å². The number of ether oxygens (including phenoxy) is 2. The molecule has 0 spiro atoms. The van der Waals surface area contributed by atoms with Crippen LogP contribution in [0.3, 0.4) is 0 Å². The van der Waals surface area contributed by atoms with Gasteiger partial charge >= 0.3 is 17.9 Å². The van der Waals surface area contributed by atoms with E-state index in [-0.39, 0.29) is 17.7 Å². The van der Waals surface area contributed by atoms with Crippen molar-refractivity contribution in [3.8, 4) is 0 Å². The van der Waals surface area contributed by atoms with Gasteiger partial charge < -0.3 is 14.6 Å². The van der Waals surface area contributed by atoms with Crippen molar-refractivity contribution in [3.05, 3.63) is 59.2 Å². The molecule has 0 bridgehead atoms. The van der Waals surface area contributed by atoms with Crippen molar-refractivity contribution in [2.24, 2.45) is 0 Å². The monoisotopic (exact) mass is 360 g/mol. The van der Waals surface area contributed by atoms with E-state index in [2.05, 4.69) is 4.74 Å². The van der Waals surface area contributed by atoms with Gasteiger partial charge in [0, 0.05) is 9.79 Å². The molecule has 0 radical (unpaired) electrons. The number of esters is 2. The van der Waals surface area contributed by atoms with Crippen molar-refractivity contribution in [1.82, 2.24) is 0 Å². The summed E-state index contributed by atoms with van der Waals surface area (Å²) < 4.78 is 9.64. The van der Waals surface area contributed by atoms with E-state index >= 15 is 0 Å². The molecule has 2 aromatic rings. The van der Waals surface area contributed by atoms with E-state index in [0.717, 1.165) is 4.90 Å². The third-order valence-corrected chi connectivity index (χ3v) is 4.31.